The number of benzene rings is 1. The summed E-state index contributed by atoms with van der Waals surface area (Å²) < 4.78 is 4.91. The van der Waals surface area contributed by atoms with Crippen LogP contribution >= 0.6 is 11.3 Å². The molecule has 0 bridgehead atoms. The second-order valence-electron chi connectivity index (χ2n) is 5.97. The quantitative estimate of drug-likeness (QED) is 0.746. The molecule has 1 heterocycles. The maximum Gasteiger partial charge on any atom is 0.341 e. The zero-order valence-electron chi connectivity index (χ0n) is 15.1. The number of anilines is 1. The Balaban J connectivity index is 2.47. The van der Waals surface area contributed by atoms with Crippen LogP contribution in [-0.2, 0) is 14.3 Å². The van der Waals surface area contributed by atoms with Crippen LogP contribution in [0.5, 0.6) is 0 Å². The van der Waals surface area contributed by atoms with E-state index >= 15 is 0 Å². The Labute approximate surface area is 155 Å². The molecule has 1 aromatic heterocycles. The van der Waals surface area contributed by atoms with E-state index in [4.69, 9.17) is 9.84 Å². The first-order valence-corrected chi connectivity index (χ1v) is 8.87. The number of hydrogen-bond donors (Lipinski definition) is 2. The molecule has 0 aliphatic carbocycles. The highest BCUT2D eigenvalue weighted by Gasteiger charge is 2.25. The van der Waals surface area contributed by atoms with E-state index < -0.39 is 17.8 Å². The van der Waals surface area contributed by atoms with Crippen LogP contribution in [0.25, 0.3) is 11.1 Å². The number of ether oxygens (including phenoxy) is 1. The van der Waals surface area contributed by atoms with Gasteiger partial charge in [-0.25, -0.2) is 4.79 Å². The lowest BCUT2D eigenvalue weighted by molar-refractivity contribution is -0.138. The van der Waals surface area contributed by atoms with Gasteiger partial charge in [-0.05, 0) is 37.5 Å². The monoisotopic (exact) mass is 375 g/mol. The third-order valence-electron chi connectivity index (χ3n) is 4.09. The number of esters is 1. The molecular formula is C19H21NO5S. The van der Waals surface area contributed by atoms with E-state index in [2.05, 4.69) is 5.32 Å². The third-order valence-corrected chi connectivity index (χ3v) is 5.11. The van der Waals surface area contributed by atoms with Gasteiger partial charge < -0.3 is 15.2 Å². The maximum absolute atomic E-state index is 12.4. The lowest BCUT2D eigenvalue weighted by Gasteiger charge is -2.09. The highest BCUT2D eigenvalue weighted by Crippen LogP contribution is 2.40. The van der Waals surface area contributed by atoms with E-state index in [1.165, 1.54) is 18.4 Å². The summed E-state index contributed by atoms with van der Waals surface area (Å²) in [4.78, 5) is 35.9. The van der Waals surface area contributed by atoms with Gasteiger partial charge in [-0.15, -0.1) is 11.3 Å². The van der Waals surface area contributed by atoms with Gasteiger partial charge in [0.2, 0.25) is 5.91 Å². The number of amides is 1. The molecule has 138 valence electrons. The van der Waals surface area contributed by atoms with Crippen molar-refractivity contribution in [1.82, 2.24) is 0 Å². The van der Waals surface area contributed by atoms with Crippen LogP contribution in [0.3, 0.4) is 0 Å². The van der Waals surface area contributed by atoms with Gasteiger partial charge in [-0.3, -0.25) is 9.59 Å². The predicted molar refractivity (Wildman–Crippen MR) is 101 cm³/mol. The molecule has 2 rings (SSSR count). The maximum atomic E-state index is 12.4. The number of carbonyl (C=O) groups excluding carboxylic acids is 2. The van der Waals surface area contributed by atoms with Crippen molar-refractivity contribution in [3.8, 4) is 11.1 Å². The van der Waals surface area contributed by atoms with Gasteiger partial charge in [0.05, 0.1) is 13.5 Å². The van der Waals surface area contributed by atoms with Crippen LogP contribution in [0.15, 0.2) is 18.2 Å². The van der Waals surface area contributed by atoms with Crippen molar-refractivity contribution >= 4 is 34.2 Å². The molecule has 0 radical (unpaired) electrons. The summed E-state index contributed by atoms with van der Waals surface area (Å²) in [7, 11) is 1.29. The molecule has 0 atom stereocenters. The zero-order chi connectivity index (χ0) is 19.4. The van der Waals surface area contributed by atoms with Crippen LogP contribution in [0, 0.1) is 20.8 Å². The van der Waals surface area contributed by atoms with Gasteiger partial charge >= 0.3 is 11.9 Å². The number of aliphatic carboxylic acids is 1. The fraction of sp³-hybridized carbons (Fsp3) is 0.316. The number of rotatable bonds is 6. The van der Waals surface area contributed by atoms with Crippen LogP contribution in [0.2, 0.25) is 0 Å². The van der Waals surface area contributed by atoms with Crippen molar-refractivity contribution in [2.45, 2.75) is 33.6 Å². The summed E-state index contributed by atoms with van der Waals surface area (Å²) in [5.41, 5.74) is 4.12. The van der Waals surface area contributed by atoms with Gasteiger partial charge in [0.15, 0.2) is 0 Å². The second-order valence-corrected chi connectivity index (χ2v) is 7.19. The van der Waals surface area contributed by atoms with Crippen LogP contribution in [-0.4, -0.2) is 30.1 Å². The SMILES string of the molecule is COC(=O)c1c(NC(=O)CCC(=O)O)sc(C)c1-c1ccc(C)c(C)c1. The van der Waals surface area contributed by atoms with Crippen molar-refractivity contribution < 1.29 is 24.2 Å². The van der Waals surface area contributed by atoms with Gasteiger partial charge in [0.25, 0.3) is 0 Å². The minimum atomic E-state index is -1.05. The summed E-state index contributed by atoms with van der Waals surface area (Å²) in [6.07, 6.45) is -0.431. The molecule has 0 saturated carbocycles. The zero-order valence-corrected chi connectivity index (χ0v) is 16.0. The van der Waals surface area contributed by atoms with E-state index in [9.17, 15) is 14.4 Å². The molecule has 0 unspecified atom stereocenters. The van der Waals surface area contributed by atoms with Gasteiger partial charge in [-0.1, -0.05) is 18.2 Å². The Morgan fingerprint density at radius 3 is 2.38 bits per heavy atom. The minimum Gasteiger partial charge on any atom is -0.481 e. The number of hydrogen-bond acceptors (Lipinski definition) is 5. The van der Waals surface area contributed by atoms with E-state index in [1.54, 1.807) is 0 Å². The van der Waals surface area contributed by atoms with Gasteiger partial charge in [-0.2, -0.15) is 0 Å². The molecule has 6 nitrogen and oxygen atoms in total. The number of aryl methyl sites for hydroxylation is 3. The number of nitrogens with one attached hydrogen (secondary N) is 1. The van der Waals surface area contributed by atoms with Crippen molar-refractivity contribution in [1.29, 1.82) is 0 Å². The first kappa shape index (κ1) is 19.7. The molecule has 0 fully saturated rings. The Bertz CT molecular complexity index is 869. The minimum absolute atomic E-state index is 0.161. The molecule has 0 aliphatic heterocycles. The Morgan fingerprint density at radius 1 is 1.12 bits per heavy atom. The van der Waals surface area contributed by atoms with Gasteiger partial charge in [0, 0.05) is 16.9 Å². The van der Waals surface area contributed by atoms with Crippen LogP contribution < -0.4 is 5.32 Å². The Kier molecular flexibility index (Phi) is 6.15. The molecule has 0 saturated heterocycles. The largest absolute Gasteiger partial charge is 0.481 e. The summed E-state index contributed by atoms with van der Waals surface area (Å²) in [6.45, 7) is 5.87. The Hall–Kier alpha value is -2.67. The number of methoxy groups -OCH3 is 1. The van der Waals surface area contributed by atoms with Crippen molar-refractivity contribution in [2.75, 3.05) is 12.4 Å². The Morgan fingerprint density at radius 2 is 1.81 bits per heavy atom. The molecule has 0 aliphatic rings. The summed E-state index contributed by atoms with van der Waals surface area (Å²) in [6, 6.07) is 5.90. The highest BCUT2D eigenvalue weighted by molar-refractivity contribution is 7.17. The number of thiophene rings is 1. The van der Waals surface area contributed by atoms with Crippen molar-refractivity contribution in [3.63, 3.8) is 0 Å². The summed E-state index contributed by atoms with van der Waals surface area (Å²) in [5, 5.41) is 11.7. The smallest absolute Gasteiger partial charge is 0.341 e. The van der Waals surface area contributed by atoms with Crippen LogP contribution in [0.4, 0.5) is 5.00 Å². The fourth-order valence-electron chi connectivity index (χ4n) is 2.58. The molecule has 7 heteroatoms. The number of carboxylic acids is 1. The van der Waals surface area contributed by atoms with E-state index in [-0.39, 0.29) is 12.8 Å². The van der Waals surface area contributed by atoms with Crippen molar-refractivity contribution in [3.05, 3.63) is 39.8 Å². The van der Waals surface area contributed by atoms with E-state index in [0.717, 1.165) is 27.1 Å². The predicted octanol–water partition coefficient (Wildman–Crippen LogP) is 3.93. The molecule has 1 amide bonds. The normalized spacial score (nSPS) is 10.5. The first-order chi connectivity index (χ1) is 12.2. The number of carbonyl (C=O) groups is 3. The fourth-order valence-corrected chi connectivity index (χ4v) is 3.66. The average Bonchev–Trinajstić information content (AvgIpc) is 2.90. The molecule has 2 N–H and O–H groups in total. The first-order valence-electron chi connectivity index (χ1n) is 8.05. The molecule has 26 heavy (non-hydrogen) atoms. The standard InChI is InChI=1S/C19H21NO5S/c1-10-5-6-13(9-11(10)2)16-12(3)26-18(17(16)19(24)25-4)20-14(21)7-8-15(22)23/h5-6,9H,7-8H2,1-4H3,(H,20,21)(H,22,23). The van der Waals surface area contributed by atoms with E-state index in [1.807, 2.05) is 39.0 Å². The van der Waals surface area contributed by atoms with Crippen molar-refractivity contribution in [2.24, 2.45) is 0 Å². The van der Waals surface area contributed by atoms with Crippen LogP contribution in [0.1, 0.15) is 39.2 Å². The topological polar surface area (TPSA) is 92.7 Å². The molecule has 2 aromatic rings. The molecule has 0 spiro atoms. The second kappa shape index (κ2) is 8.14. The highest BCUT2D eigenvalue weighted by atomic mass is 32.1. The summed E-state index contributed by atoms with van der Waals surface area (Å²) in [5.74, 6) is -2.05. The van der Waals surface area contributed by atoms with E-state index in [0.29, 0.717) is 10.6 Å². The summed E-state index contributed by atoms with van der Waals surface area (Å²) >= 11 is 1.27. The lowest BCUT2D eigenvalue weighted by atomic mass is 9.97. The lowest BCUT2D eigenvalue weighted by Crippen LogP contribution is -2.15. The third kappa shape index (κ3) is 4.29. The molecule has 1 aromatic carbocycles. The van der Waals surface area contributed by atoms with Gasteiger partial charge in [0.1, 0.15) is 10.6 Å². The molecular weight excluding hydrogens is 354 g/mol. The average molecular weight is 375 g/mol. The number of carboxylic acid groups (broad SMARTS) is 1.